The fourth-order valence-electron chi connectivity index (χ4n) is 1.90. The van der Waals surface area contributed by atoms with Crippen molar-refractivity contribution >= 4 is 11.9 Å². The molecule has 1 rings (SSSR count). The van der Waals surface area contributed by atoms with E-state index in [1.807, 2.05) is 6.92 Å². The van der Waals surface area contributed by atoms with Crippen LogP contribution in [0, 0.1) is 0 Å². The molecule has 0 aromatic rings. The van der Waals surface area contributed by atoms with Crippen LogP contribution >= 0.6 is 0 Å². The van der Waals surface area contributed by atoms with Gasteiger partial charge in [0.1, 0.15) is 0 Å². The third kappa shape index (κ3) is 3.34. The van der Waals surface area contributed by atoms with Crippen molar-refractivity contribution in [2.24, 2.45) is 0 Å². The first-order valence-electron chi connectivity index (χ1n) is 5.42. The van der Waals surface area contributed by atoms with Crippen LogP contribution in [0.2, 0.25) is 0 Å². The predicted molar refractivity (Wildman–Crippen MR) is 60.0 cm³/mol. The molecule has 2 unspecified atom stereocenters. The summed E-state index contributed by atoms with van der Waals surface area (Å²) >= 11 is 0. The van der Waals surface area contributed by atoms with Crippen molar-refractivity contribution in [3.8, 4) is 0 Å². The number of nitrogens with one attached hydrogen (secondary N) is 1. The molecule has 0 spiro atoms. The summed E-state index contributed by atoms with van der Waals surface area (Å²) in [6, 6.07) is -0.184. The molecule has 2 N–H and O–H groups in total. The Morgan fingerprint density at radius 2 is 2.44 bits per heavy atom. The molecule has 5 heteroatoms. The fourth-order valence-corrected chi connectivity index (χ4v) is 1.90. The lowest BCUT2D eigenvalue weighted by Crippen LogP contribution is -2.59. The molecule has 0 radical (unpaired) electrons. The van der Waals surface area contributed by atoms with Crippen molar-refractivity contribution in [2.75, 3.05) is 13.1 Å². The molecule has 5 nitrogen and oxygen atoms in total. The van der Waals surface area contributed by atoms with Gasteiger partial charge in [0.25, 0.3) is 0 Å². The molecule has 2 atom stereocenters. The van der Waals surface area contributed by atoms with E-state index in [1.54, 1.807) is 11.0 Å². The number of carboxylic acid groups (broad SMARTS) is 1. The third-order valence-corrected chi connectivity index (χ3v) is 2.59. The van der Waals surface area contributed by atoms with Gasteiger partial charge in [-0.2, -0.15) is 0 Å². The topological polar surface area (TPSA) is 69.6 Å². The second-order valence-corrected chi connectivity index (χ2v) is 4.08. The van der Waals surface area contributed by atoms with Crippen LogP contribution in [0.3, 0.4) is 0 Å². The molecule has 1 amide bonds. The van der Waals surface area contributed by atoms with Crippen LogP contribution in [0.25, 0.3) is 0 Å². The molecule has 1 fully saturated rings. The highest BCUT2D eigenvalue weighted by atomic mass is 16.4. The van der Waals surface area contributed by atoms with E-state index in [-0.39, 0.29) is 24.4 Å². The molecule has 0 saturated carbocycles. The molecular weight excluding hydrogens is 208 g/mol. The number of carbonyl (C=O) groups excluding carboxylic acids is 1. The first-order valence-corrected chi connectivity index (χ1v) is 5.42. The molecule has 1 aliphatic rings. The van der Waals surface area contributed by atoms with Gasteiger partial charge in [0.2, 0.25) is 5.91 Å². The lowest BCUT2D eigenvalue weighted by molar-refractivity contribution is -0.139. The highest BCUT2D eigenvalue weighted by Crippen LogP contribution is 2.10. The van der Waals surface area contributed by atoms with Crippen molar-refractivity contribution < 1.29 is 14.7 Å². The lowest BCUT2D eigenvalue weighted by atomic mass is 10.0. The molecule has 0 aromatic carbocycles. The number of hydrogen-bond donors (Lipinski definition) is 2. The van der Waals surface area contributed by atoms with Crippen LogP contribution < -0.4 is 5.32 Å². The largest absolute Gasteiger partial charge is 0.481 e. The Balaban J connectivity index is 2.58. The van der Waals surface area contributed by atoms with Gasteiger partial charge in [-0.05, 0) is 13.3 Å². The second kappa shape index (κ2) is 5.65. The van der Waals surface area contributed by atoms with Crippen LogP contribution in [-0.4, -0.2) is 47.1 Å². The molecule has 1 saturated heterocycles. The number of nitrogens with zero attached hydrogens (tertiary/aromatic N) is 1. The number of hydrogen-bond acceptors (Lipinski definition) is 3. The Labute approximate surface area is 95.1 Å². The van der Waals surface area contributed by atoms with E-state index in [0.717, 1.165) is 0 Å². The first kappa shape index (κ1) is 12.7. The van der Waals surface area contributed by atoms with Crippen LogP contribution in [0.1, 0.15) is 19.8 Å². The predicted octanol–water partition coefficient (Wildman–Crippen LogP) is 0.226. The maximum Gasteiger partial charge on any atom is 0.303 e. The zero-order chi connectivity index (χ0) is 12.1. The highest BCUT2D eigenvalue weighted by molar-refractivity contribution is 5.83. The summed E-state index contributed by atoms with van der Waals surface area (Å²) in [7, 11) is 0. The van der Waals surface area contributed by atoms with E-state index in [2.05, 4.69) is 11.9 Å². The lowest BCUT2D eigenvalue weighted by Gasteiger charge is -2.36. The Morgan fingerprint density at radius 3 is 3.00 bits per heavy atom. The van der Waals surface area contributed by atoms with Gasteiger partial charge >= 0.3 is 5.97 Å². The first-order chi connectivity index (χ1) is 7.54. The SMILES string of the molecule is C=CCN1CC(C)NC(CCC(=O)O)C1=O. The van der Waals surface area contributed by atoms with Crippen LogP contribution in [0.5, 0.6) is 0 Å². The zero-order valence-electron chi connectivity index (χ0n) is 9.48. The van der Waals surface area contributed by atoms with Gasteiger partial charge in [0.05, 0.1) is 6.04 Å². The van der Waals surface area contributed by atoms with Gasteiger partial charge in [0, 0.05) is 25.6 Å². The maximum atomic E-state index is 11.9. The Hall–Kier alpha value is -1.36. The van der Waals surface area contributed by atoms with Crippen LogP contribution in [0.4, 0.5) is 0 Å². The van der Waals surface area contributed by atoms with Crippen LogP contribution in [0.15, 0.2) is 12.7 Å². The van der Waals surface area contributed by atoms with Gasteiger partial charge in [-0.15, -0.1) is 6.58 Å². The number of piperazine rings is 1. The summed E-state index contributed by atoms with van der Waals surface area (Å²) < 4.78 is 0. The van der Waals surface area contributed by atoms with Crippen molar-refractivity contribution in [2.45, 2.75) is 31.8 Å². The van der Waals surface area contributed by atoms with E-state index in [9.17, 15) is 9.59 Å². The van der Waals surface area contributed by atoms with Gasteiger partial charge in [-0.3, -0.25) is 9.59 Å². The van der Waals surface area contributed by atoms with Crippen molar-refractivity contribution in [3.05, 3.63) is 12.7 Å². The van der Waals surface area contributed by atoms with E-state index in [0.29, 0.717) is 19.5 Å². The normalized spacial score (nSPS) is 25.6. The average molecular weight is 226 g/mol. The van der Waals surface area contributed by atoms with E-state index < -0.39 is 5.97 Å². The molecule has 90 valence electrons. The van der Waals surface area contributed by atoms with Crippen LogP contribution in [-0.2, 0) is 9.59 Å². The van der Waals surface area contributed by atoms with Gasteiger partial charge in [-0.25, -0.2) is 0 Å². The monoisotopic (exact) mass is 226 g/mol. The van der Waals surface area contributed by atoms with Crippen molar-refractivity contribution in [1.82, 2.24) is 10.2 Å². The number of rotatable bonds is 5. The number of carbonyl (C=O) groups is 2. The summed E-state index contributed by atoms with van der Waals surface area (Å²) in [6.45, 7) is 6.76. The van der Waals surface area contributed by atoms with Gasteiger partial charge < -0.3 is 15.3 Å². The third-order valence-electron chi connectivity index (χ3n) is 2.59. The van der Waals surface area contributed by atoms with Gasteiger partial charge in [0.15, 0.2) is 0 Å². The Morgan fingerprint density at radius 1 is 1.75 bits per heavy atom. The summed E-state index contributed by atoms with van der Waals surface area (Å²) in [5.41, 5.74) is 0. The zero-order valence-corrected chi connectivity index (χ0v) is 9.48. The summed E-state index contributed by atoms with van der Waals surface area (Å²) in [4.78, 5) is 24.1. The molecule has 1 heterocycles. The Bertz CT molecular complexity index is 291. The summed E-state index contributed by atoms with van der Waals surface area (Å²) in [5, 5.41) is 11.7. The number of amides is 1. The molecular formula is C11H18N2O3. The fraction of sp³-hybridized carbons (Fsp3) is 0.636. The minimum Gasteiger partial charge on any atom is -0.481 e. The molecule has 0 aromatic heterocycles. The minimum atomic E-state index is -0.872. The van der Waals surface area contributed by atoms with Crippen molar-refractivity contribution in [1.29, 1.82) is 0 Å². The number of carboxylic acids is 1. The quantitative estimate of drug-likeness (QED) is 0.658. The Kier molecular flexibility index (Phi) is 4.49. The van der Waals surface area contributed by atoms with E-state index in [4.69, 9.17) is 5.11 Å². The summed E-state index contributed by atoms with van der Waals surface area (Å²) in [6.07, 6.45) is 2.04. The molecule has 1 aliphatic heterocycles. The van der Waals surface area contributed by atoms with Gasteiger partial charge in [-0.1, -0.05) is 6.08 Å². The molecule has 16 heavy (non-hydrogen) atoms. The van der Waals surface area contributed by atoms with Crippen molar-refractivity contribution in [3.63, 3.8) is 0 Å². The molecule has 0 aliphatic carbocycles. The summed E-state index contributed by atoms with van der Waals surface area (Å²) in [5.74, 6) is -0.901. The molecule has 0 bridgehead atoms. The standard InChI is InChI=1S/C11H18N2O3/c1-3-6-13-7-8(2)12-9(11(13)16)4-5-10(14)15/h3,8-9,12H,1,4-7H2,2H3,(H,14,15). The minimum absolute atomic E-state index is 0.0120. The van der Waals surface area contributed by atoms with E-state index >= 15 is 0 Å². The van der Waals surface area contributed by atoms with E-state index in [1.165, 1.54) is 0 Å². The number of aliphatic carboxylic acids is 1. The maximum absolute atomic E-state index is 11.9. The second-order valence-electron chi connectivity index (χ2n) is 4.08. The highest BCUT2D eigenvalue weighted by Gasteiger charge is 2.31. The smallest absolute Gasteiger partial charge is 0.303 e. The average Bonchev–Trinajstić information content (AvgIpc) is 2.21.